The average molecular weight is 358 g/mol. The summed E-state index contributed by atoms with van der Waals surface area (Å²) >= 11 is 5.99. The molecule has 0 spiro atoms. The van der Waals surface area contributed by atoms with E-state index in [2.05, 4.69) is 25.6 Å². The highest BCUT2D eigenvalue weighted by Gasteiger charge is 2.12. The number of benzene rings is 1. The fourth-order valence-corrected chi connectivity index (χ4v) is 2.58. The molecule has 3 rings (SSSR count). The zero-order valence-electron chi connectivity index (χ0n) is 13.5. The van der Waals surface area contributed by atoms with E-state index < -0.39 is 0 Å². The van der Waals surface area contributed by atoms with Gasteiger partial charge in [-0.1, -0.05) is 11.6 Å². The summed E-state index contributed by atoms with van der Waals surface area (Å²) in [5.41, 5.74) is 2.29. The van der Waals surface area contributed by atoms with Crippen molar-refractivity contribution >= 4 is 40.3 Å². The number of hydrogen-bond acceptors (Lipinski definition) is 4. The minimum atomic E-state index is -0.309. The van der Waals surface area contributed by atoms with Gasteiger partial charge in [0.2, 0.25) is 5.91 Å². The Balaban J connectivity index is 1.63. The lowest BCUT2D eigenvalue weighted by atomic mass is 10.1. The first-order valence-corrected chi connectivity index (χ1v) is 8.05. The highest BCUT2D eigenvalue weighted by atomic mass is 35.5. The van der Waals surface area contributed by atoms with Gasteiger partial charge in [0.25, 0.3) is 5.91 Å². The monoisotopic (exact) mass is 357 g/mol. The van der Waals surface area contributed by atoms with Crippen molar-refractivity contribution < 1.29 is 9.59 Å². The largest absolute Gasteiger partial charge is 0.355 e. The van der Waals surface area contributed by atoms with Gasteiger partial charge in [-0.05, 0) is 30.3 Å². The summed E-state index contributed by atoms with van der Waals surface area (Å²) in [6.07, 6.45) is 2.38. The Labute approximate surface area is 148 Å². The van der Waals surface area contributed by atoms with Crippen LogP contribution in [0.2, 0.25) is 5.02 Å². The maximum Gasteiger partial charge on any atom is 0.252 e. The summed E-state index contributed by atoms with van der Waals surface area (Å²) in [6.45, 7) is 0. The van der Waals surface area contributed by atoms with Crippen LogP contribution in [0, 0.1) is 0 Å². The summed E-state index contributed by atoms with van der Waals surface area (Å²) < 4.78 is 0. The van der Waals surface area contributed by atoms with Crippen LogP contribution in [-0.2, 0) is 11.2 Å². The number of anilines is 1. The van der Waals surface area contributed by atoms with Gasteiger partial charge < -0.3 is 15.6 Å². The van der Waals surface area contributed by atoms with Crippen molar-refractivity contribution in [2.24, 2.45) is 0 Å². The molecule has 25 heavy (non-hydrogen) atoms. The minimum absolute atomic E-state index is 0.182. The van der Waals surface area contributed by atoms with Gasteiger partial charge in [-0.3, -0.25) is 9.59 Å². The van der Waals surface area contributed by atoms with Crippen LogP contribution >= 0.6 is 11.6 Å². The van der Waals surface area contributed by atoms with Crippen LogP contribution in [0.25, 0.3) is 11.2 Å². The zero-order chi connectivity index (χ0) is 17.8. The molecular weight excluding hydrogens is 342 g/mol. The molecule has 7 nitrogen and oxygen atoms in total. The molecule has 0 bridgehead atoms. The summed E-state index contributed by atoms with van der Waals surface area (Å²) in [5, 5.41) is 5.59. The lowest BCUT2D eigenvalue weighted by Crippen LogP contribution is -2.19. The quantitative estimate of drug-likeness (QED) is 0.653. The second-order valence-electron chi connectivity index (χ2n) is 5.38. The molecule has 0 saturated heterocycles. The van der Waals surface area contributed by atoms with Crippen molar-refractivity contribution in [3.63, 3.8) is 0 Å². The summed E-state index contributed by atoms with van der Waals surface area (Å²) in [5.74, 6) is 0.209. The van der Waals surface area contributed by atoms with Crippen molar-refractivity contribution in [1.29, 1.82) is 0 Å². The van der Waals surface area contributed by atoms with E-state index >= 15 is 0 Å². The van der Waals surface area contributed by atoms with Gasteiger partial charge in [-0.2, -0.15) is 0 Å². The molecule has 0 aliphatic rings. The summed E-state index contributed by atoms with van der Waals surface area (Å²) in [7, 11) is 1.52. The molecule has 2 aromatic heterocycles. The number of H-pyrrole nitrogens is 1. The van der Waals surface area contributed by atoms with Crippen LogP contribution in [0.3, 0.4) is 0 Å². The third-order valence-corrected chi connectivity index (χ3v) is 3.95. The number of imidazole rings is 1. The molecule has 0 radical (unpaired) electrons. The first-order valence-electron chi connectivity index (χ1n) is 7.68. The maximum atomic E-state index is 12.1. The fourth-order valence-electron chi connectivity index (χ4n) is 2.38. The van der Waals surface area contributed by atoms with Gasteiger partial charge in [-0.25, -0.2) is 9.97 Å². The average Bonchev–Trinajstić information content (AvgIpc) is 3.04. The lowest BCUT2D eigenvalue weighted by molar-refractivity contribution is -0.116. The number of nitrogens with one attached hydrogen (secondary N) is 3. The number of halogens is 1. The number of aromatic nitrogens is 3. The number of fused-ring (bicyclic) bond motifs is 1. The maximum absolute atomic E-state index is 12.1. The number of carbonyl (C=O) groups is 2. The normalized spacial score (nSPS) is 10.6. The Morgan fingerprint density at radius 2 is 2.12 bits per heavy atom. The van der Waals surface area contributed by atoms with E-state index in [0.29, 0.717) is 34.2 Å². The molecule has 3 N–H and O–H groups in total. The zero-order valence-corrected chi connectivity index (χ0v) is 14.2. The number of aromatic amines is 1. The number of aryl methyl sites for hydroxylation is 1. The van der Waals surface area contributed by atoms with Crippen molar-refractivity contribution in [3.8, 4) is 0 Å². The molecule has 0 aliphatic heterocycles. The standard InChI is InChI=1S/C17H16ClN5O2/c1-19-17(25)11-9-10(4-5-12(11)18)21-15(24)7-6-14-22-13-3-2-8-20-16(13)23-14/h2-5,8-9H,6-7H2,1H3,(H,19,25)(H,21,24)(H,20,22,23). The molecular formula is C17H16ClN5O2. The SMILES string of the molecule is CNC(=O)c1cc(NC(=O)CCc2nc3ncccc3[nH]2)ccc1Cl. The number of amides is 2. The van der Waals surface area contributed by atoms with E-state index in [-0.39, 0.29) is 18.2 Å². The number of rotatable bonds is 5. The summed E-state index contributed by atoms with van der Waals surface area (Å²) in [6, 6.07) is 8.48. The van der Waals surface area contributed by atoms with Crippen LogP contribution < -0.4 is 10.6 Å². The highest BCUT2D eigenvalue weighted by Crippen LogP contribution is 2.21. The van der Waals surface area contributed by atoms with E-state index in [9.17, 15) is 9.59 Å². The van der Waals surface area contributed by atoms with Crippen molar-refractivity contribution in [2.75, 3.05) is 12.4 Å². The van der Waals surface area contributed by atoms with Crippen molar-refractivity contribution in [3.05, 3.63) is 52.9 Å². The van der Waals surface area contributed by atoms with Crippen molar-refractivity contribution in [1.82, 2.24) is 20.3 Å². The van der Waals surface area contributed by atoms with Crippen LogP contribution in [0.15, 0.2) is 36.5 Å². The molecule has 0 fully saturated rings. The minimum Gasteiger partial charge on any atom is -0.355 e. The van der Waals surface area contributed by atoms with E-state index in [1.165, 1.54) is 7.05 Å². The molecule has 0 aliphatic carbocycles. The van der Waals surface area contributed by atoms with E-state index in [1.54, 1.807) is 24.4 Å². The number of carbonyl (C=O) groups excluding carboxylic acids is 2. The lowest BCUT2D eigenvalue weighted by Gasteiger charge is -2.08. The van der Waals surface area contributed by atoms with Gasteiger partial charge in [0.1, 0.15) is 5.82 Å². The third-order valence-electron chi connectivity index (χ3n) is 3.62. The first-order chi connectivity index (χ1) is 12.1. The van der Waals surface area contributed by atoms with Crippen molar-refractivity contribution in [2.45, 2.75) is 12.8 Å². The second kappa shape index (κ2) is 7.31. The molecule has 0 saturated carbocycles. The van der Waals surface area contributed by atoms with Gasteiger partial charge in [0.15, 0.2) is 5.65 Å². The fraction of sp³-hybridized carbons (Fsp3) is 0.176. The predicted octanol–water partition coefficient (Wildman–Crippen LogP) is 2.54. The highest BCUT2D eigenvalue weighted by molar-refractivity contribution is 6.34. The molecule has 0 atom stereocenters. The van der Waals surface area contributed by atoms with E-state index in [0.717, 1.165) is 5.52 Å². The first kappa shape index (κ1) is 16.9. The molecule has 2 amide bonds. The summed E-state index contributed by atoms with van der Waals surface area (Å²) in [4.78, 5) is 35.5. The molecule has 3 aromatic rings. The molecule has 2 heterocycles. The number of pyridine rings is 1. The Hall–Kier alpha value is -2.93. The molecule has 0 unspecified atom stereocenters. The molecule has 8 heteroatoms. The van der Waals surface area contributed by atoms with Gasteiger partial charge in [-0.15, -0.1) is 0 Å². The van der Waals surface area contributed by atoms with Crippen LogP contribution in [-0.4, -0.2) is 33.8 Å². The number of nitrogens with zero attached hydrogens (tertiary/aromatic N) is 2. The smallest absolute Gasteiger partial charge is 0.252 e. The topological polar surface area (TPSA) is 99.8 Å². The molecule has 1 aromatic carbocycles. The Morgan fingerprint density at radius 1 is 1.28 bits per heavy atom. The van der Waals surface area contributed by atoms with Crippen LogP contribution in [0.5, 0.6) is 0 Å². The number of hydrogen-bond donors (Lipinski definition) is 3. The van der Waals surface area contributed by atoms with Gasteiger partial charge in [0.05, 0.1) is 16.1 Å². The van der Waals surface area contributed by atoms with Gasteiger partial charge >= 0.3 is 0 Å². The van der Waals surface area contributed by atoms with Crippen LogP contribution in [0.4, 0.5) is 5.69 Å². The Bertz CT molecular complexity index is 905. The van der Waals surface area contributed by atoms with E-state index in [4.69, 9.17) is 11.6 Å². The van der Waals surface area contributed by atoms with Gasteiger partial charge in [0, 0.05) is 31.8 Å². The van der Waals surface area contributed by atoms with Crippen LogP contribution in [0.1, 0.15) is 22.6 Å². The van der Waals surface area contributed by atoms with E-state index in [1.807, 2.05) is 12.1 Å². The second-order valence-corrected chi connectivity index (χ2v) is 5.79. The predicted molar refractivity (Wildman–Crippen MR) is 95.7 cm³/mol. The third kappa shape index (κ3) is 3.95. The Kier molecular flexibility index (Phi) is 4.95. The molecule has 128 valence electrons. The Morgan fingerprint density at radius 3 is 2.88 bits per heavy atom.